The normalized spacial score (nSPS) is 22.1. The predicted molar refractivity (Wildman–Crippen MR) is 70.4 cm³/mol. The van der Waals surface area contributed by atoms with Gasteiger partial charge in [-0.3, -0.25) is 0 Å². The van der Waals surface area contributed by atoms with E-state index in [4.69, 9.17) is 5.11 Å². The molecule has 1 atom stereocenters. The number of aryl methyl sites for hydroxylation is 1. The molecule has 1 aliphatic heterocycles. The van der Waals surface area contributed by atoms with Crippen LogP contribution in [0, 0.1) is 6.92 Å². The fraction of sp³-hybridized carbons (Fsp3) is 0.583. The predicted octanol–water partition coefficient (Wildman–Crippen LogP) is 0.506. The highest BCUT2D eigenvalue weighted by molar-refractivity contribution is 7.91. The molecule has 6 heteroatoms. The molecule has 0 aliphatic carbocycles. The van der Waals surface area contributed by atoms with Gasteiger partial charge in [0.05, 0.1) is 18.1 Å². The summed E-state index contributed by atoms with van der Waals surface area (Å²) in [7, 11) is -1.01. The second-order valence-electron chi connectivity index (χ2n) is 4.81. The minimum atomic E-state index is -2.88. The molecule has 0 aromatic carbocycles. The first-order valence-electron chi connectivity index (χ1n) is 5.92. The van der Waals surface area contributed by atoms with Crippen molar-refractivity contribution in [1.82, 2.24) is 4.98 Å². The van der Waals surface area contributed by atoms with Crippen LogP contribution in [-0.2, 0) is 16.4 Å². The lowest BCUT2D eigenvalue weighted by Gasteiger charge is -2.26. The van der Waals surface area contributed by atoms with Crippen molar-refractivity contribution in [2.24, 2.45) is 0 Å². The lowest BCUT2D eigenvalue weighted by Crippen LogP contribution is -2.33. The topological polar surface area (TPSA) is 70.5 Å². The second-order valence-corrected chi connectivity index (χ2v) is 7.04. The van der Waals surface area contributed by atoms with Gasteiger partial charge < -0.3 is 10.0 Å². The summed E-state index contributed by atoms with van der Waals surface area (Å²) in [5, 5.41) is 9.04. The van der Waals surface area contributed by atoms with Crippen LogP contribution in [0.1, 0.15) is 17.5 Å². The number of pyridine rings is 1. The Kier molecular flexibility index (Phi) is 3.59. The van der Waals surface area contributed by atoms with E-state index in [0.29, 0.717) is 6.42 Å². The zero-order valence-electron chi connectivity index (χ0n) is 10.6. The summed E-state index contributed by atoms with van der Waals surface area (Å²) >= 11 is 0. The van der Waals surface area contributed by atoms with Gasteiger partial charge in [-0.15, -0.1) is 0 Å². The highest BCUT2D eigenvalue weighted by atomic mass is 32.2. The molecule has 1 unspecified atom stereocenters. The van der Waals surface area contributed by atoms with Crippen molar-refractivity contribution in [3.05, 3.63) is 23.4 Å². The highest BCUT2D eigenvalue weighted by Gasteiger charge is 2.31. The Labute approximate surface area is 107 Å². The zero-order valence-corrected chi connectivity index (χ0v) is 11.4. The van der Waals surface area contributed by atoms with Gasteiger partial charge in [0.1, 0.15) is 5.82 Å². The highest BCUT2D eigenvalue weighted by Crippen LogP contribution is 2.24. The van der Waals surface area contributed by atoms with E-state index < -0.39 is 9.84 Å². The summed E-state index contributed by atoms with van der Waals surface area (Å²) in [6.07, 6.45) is 2.28. The van der Waals surface area contributed by atoms with E-state index in [0.717, 1.165) is 16.9 Å². The van der Waals surface area contributed by atoms with Crippen LogP contribution in [-0.4, -0.2) is 43.1 Å². The molecule has 0 bridgehead atoms. The molecule has 1 fully saturated rings. The van der Waals surface area contributed by atoms with Crippen molar-refractivity contribution in [1.29, 1.82) is 0 Å². The number of rotatable bonds is 3. The lowest BCUT2D eigenvalue weighted by atomic mass is 10.1. The van der Waals surface area contributed by atoms with Crippen molar-refractivity contribution >= 4 is 15.7 Å². The minimum absolute atomic E-state index is 0.00109. The molecule has 1 saturated heterocycles. The van der Waals surface area contributed by atoms with E-state index in [-0.39, 0.29) is 24.2 Å². The van der Waals surface area contributed by atoms with E-state index in [1.165, 1.54) is 0 Å². The van der Waals surface area contributed by atoms with Crippen LogP contribution in [0.3, 0.4) is 0 Å². The molecule has 0 amide bonds. The average Bonchev–Trinajstić information content (AvgIpc) is 2.68. The molecule has 18 heavy (non-hydrogen) atoms. The number of aromatic nitrogens is 1. The van der Waals surface area contributed by atoms with Crippen LogP contribution < -0.4 is 4.90 Å². The second kappa shape index (κ2) is 4.85. The Morgan fingerprint density at radius 3 is 2.78 bits per heavy atom. The number of aliphatic hydroxyl groups excluding tert-OH is 1. The first kappa shape index (κ1) is 13.3. The fourth-order valence-electron chi connectivity index (χ4n) is 2.34. The van der Waals surface area contributed by atoms with Crippen molar-refractivity contribution in [3.8, 4) is 0 Å². The van der Waals surface area contributed by atoms with Crippen molar-refractivity contribution in [2.45, 2.75) is 26.0 Å². The fourth-order valence-corrected chi connectivity index (χ4v) is 4.11. The Balaban J connectivity index is 2.21. The number of aliphatic hydroxyl groups is 1. The van der Waals surface area contributed by atoms with Crippen LogP contribution in [0.4, 0.5) is 5.82 Å². The van der Waals surface area contributed by atoms with E-state index in [1.54, 1.807) is 6.20 Å². The average molecular weight is 270 g/mol. The maximum Gasteiger partial charge on any atom is 0.152 e. The molecule has 1 aliphatic rings. The van der Waals surface area contributed by atoms with Gasteiger partial charge in [0.25, 0.3) is 0 Å². The van der Waals surface area contributed by atoms with E-state index in [1.807, 2.05) is 24.9 Å². The van der Waals surface area contributed by atoms with E-state index in [9.17, 15) is 8.42 Å². The largest absolute Gasteiger partial charge is 0.392 e. The molecule has 0 saturated carbocycles. The first-order valence-corrected chi connectivity index (χ1v) is 7.75. The van der Waals surface area contributed by atoms with Gasteiger partial charge in [-0.1, -0.05) is 0 Å². The maximum absolute atomic E-state index is 11.5. The van der Waals surface area contributed by atoms with E-state index >= 15 is 0 Å². The van der Waals surface area contributed by atoms with Gasteiger partial charge in [-0.25, -0.2) is 13.4 Å². The summed E-state index contributed by atoms with van der Waals surface area (Å²) in [6.45, 7) is 1.89. The quantitative estimate of drug-likeness (QED) is 0.866. The number of anilines is 1. The zero-order chi connectivity index (χ0) is 13.3. The number of hydrogen-bond donors (Lipinski definition) is 1. The third kappa shape index (κ3) is 2.64. The Morgan fingerprint density at radius 2 is 2.28 bits per heavy atom. The van der Waals surface area contributed by atoms with Crippen LogP contribution in [0.15, 0.2) is 12.3 Å². The van der Waals surface area contributed by atoms with Gasteiger partial charge >= 0.3 is 0 Å². The summed E-state index contributed by atoms with van der Waals surface area (Å²) in [6, 6.07) is 1.88. The molecule has 5 nitrogen and oxygen atoms in total. The molecule has 1 N–H and O–H groups in total. The molecule has 0 radical (unpaired) electrons. The van der Waals surface area contributed by atoms with Crippen LogP contribution >= 0.6 is 0 Å². The third-order valence-corrected chi connectivity index (χ3v) is 5.13. The van der Waals surface area contributed by atoms with Crippen molar-refractivity contribution in [3.63, 3.8) is 0 Å². The lowest BCUT2D eigenvalue weighted by molar-refractivity contribution is 0.281. The molecule has 2 rings (SSSR count). The number of hydrogen-bond acceptors (Lipinski definition) is 5. The van der Waals surface area contributed by atoms with Gasteiger partial charge in [0.2, 0.25) is 0 Å². The molecule has 1 aromatic rings. The molecular formula is C12H18N2O3S. The SMILES string of the molecule is Cc1cc(CO)cnc1N(C)C1CCS(=O)(=O)C1. The monoisotopic (exact) mass is 270 g/mol. The smallest absolute Gasteiger partial charge is 0.152 e. The first-order chi connectivity index (χ1) is 8.43. The standard InChI is InChI=1S/C12H18N2O3S/c1-9-5-10(7-15)6-13-12(9)14(2)11-3-4-18(16,17)8-11/h5-6,11,15H,3-4,7-8H2,1-2H3. The minimum Gasteiger partial charge on any atom is -0.392 e. The molecule has 2 heterocycles. The Bertz CT molecular complexity index is 542. The molecule has 0 spiro atoms. The van der Waals surface area contributed by atoms with Crippen LogP contribution in [0.2, 0.25) is 0 Å². The van der Waals surface area contributed by atoms with Gasteiger partial charge in [-0.05, 0) is 30.5 Å². The van der Waals surface area contributed by atoms with Crippen molar-refractivity contribution in [2.75, 3.05) is 23.5 Å². The molecule has 100 valence electrons. The number of nitrogens with zero attached hydrogens (tertiary/aromatic N) is 2. The number of sulfone groups is 1. The molecule has 1 aromatic heterocycles. The Morgan fingerprint density at radius 1 is 1.56 bits per heavy atom. The van der Waals surface area contributed by atoms with Gasteiger partial charge in [0, 0.05) is 19.3 Å². The van der Waals surface area contributed by atoms with Crippen molar-refractivity contribution < 1.29 is 13.5 Å². The van der Waals surface area contributed by atoms with Gasteiger partial charge in [-0.2, -0.15) is 0 Å². The van der Waals surface area contributed by atoms with Crippen LogP contribution in [0.25, 0.3) is 0 Å². The summed E-state index contributed by atoms with van der Waals surface area (Å²) in [5.74, 6) is 1.25. The van der Waals surface area contributed by atoms with Crippen LogP contribution in [0.5, 0.6) is 0 Å². The summed E-state index contributed by atoms with van der Waals surface area (Å²) in [5.41, 5.74) is 1.72. The summed E-state index contributed by atoms with van der Waals surface area (Å²) < 4.78 is 23.0. The third-order valence-electron chi connectivity index (χ3n) is 3.38. The summed E-state index contributed by atoms with van der Waals surface area (Å²) in [4.78, 5) is 6.24. The van der Waals surface area contributed by atoms with Gasteiger partial charge in [0.15, 0.2) is 9.84 Å². The molecular weight excluding hydrogens is 252 g/mol. The van der Waals surface area contributed by atoms with E-state index in [2.05, 4.69) is 4.98 Å². The maximum atomic E-state index is 11.5. The Hall–Kier alpha value is -1.14.